The second-order valence-electron chi connectivity index (χ2n) is 5.71. The van der Waals surface area contributed by atoms with Crippen LogP contribution in [0.4, 0.5) is 30.7 Å². The third-order valence-corrected chi connectivity index (χ3v) is 5.49. The van der Waals surface area contributed by atoms with Gasteiger partial charge in [-0.3, -0.25) is 0 Å². The van der Waals surface area contributed by atoms with Crippen LogP contribution in [0.3, 0.4) is 0 Å². The molecule has 1 N–H and O–H groups in total. The van der Waals surface area contributed by atoms with Crippen LogP contribution in [0.1, 0.15) is 11.1 Å². The number of halogens is 10. The van der Waals surface area contributed by atoms with Gasteiger partial charge in [0.05, 0.1) is 13.4 Å². The number of ether oxygens (including phenoxy) is 1. The maximum absolute atomic E-state index is 13.2. The Morgan fingerprint density at radius 2 is 1.57 bits per heavy atom. The number of hydrogen-bond donors (Lipinski definition) is 1. The summed E-state index contributed by atoms with van der Waals surface area (Å²) in [6.07, 6.45) is -5.74. The molecular weight excluding hydrogens is 670 g/mol. The molecule has 0 atom stereocenters. The van der Waals surface area contributed by atoms with Gasteiger partial charge in [-0.25, -0.2) is 5.43 Å². The van der Waals surface area contributed by atoms with Crippen LogP contribution < -0.4 is 10.2 Å². The zero-order valence-corrected chi connectivity index (χ0v) is 19.5. The monoisotopic (exact) mass is 680 g/mol. The van der Waals surface area contributed by atoms with E-state index in [4.69, 9.17) is 16.3 Å². The van der Waals surface area contributed by atoms with Gasteiger partial charge >= 0.3 is 18.1 Å². The van der Waals surface area contributed by atoms with Gasteiger partial charge in [-0.05, 0) is 68.9 Å². The fourth-order valence-corrected chi connectivity index (χ4v) is 4.31. The predicted molar refractivity (Wildman–Crippen MR) is 114 cm³/mol. The summed E-state index contributed by atoms with van der Waals surface area (Å²) in [6.45, 7) is 0.152. The number of nitrogens with zero attached hydrogens (tertiary/aromatic N) is 1. The van der Waals surface area contributed by atoms with Crippen molar-refractivity contribution in [1.29, 1.82) is 0 Å². The Kier molecular flexibility index (Phi) is 8.10. The van der Waals surface area contributed by atoms with Crippen molar-refractivity contribution >= 4 is 63.0 Å². The molecule has 0 aliphatic carbocycles. The highest BCUT2D eigenvalue weighted by molar-refractivity contribution is 14.1. The molecule has 0 aliphatic rings. The van der Waals surface area contributed by atoms with Crippen molar-refractivity contribution in [2.45, 2.75) is 24.8 Å². The first-order valence-corrected chi connectivity index (χ1v) is 10.3. The van der Waals surface area contributed by atoms with Crippen molar-refractivity contribution in [1.82, 2.24) is 5.43 Å². The number of rotatable bonds is 7. The SMILES string of the molecule is FC(F)(F)C(F)(F)C(F)(F)N/N=C/c1cc(I)c(OCc2ccccc2Cl)c(I)c1. The summed E-state index contributed by atoms with van der Waals surface area (Å²) in [4.78, 5) is 0. The van der Waals surface area contributed by atoms with Crippen LogP contribution in [0.5, 0.6) is 5.75 Å². The molecule has 30 heavy (non-hydrogen) atoms. The lowest BCUT2D eigenvalue weighted by atomic mass is 10.2. The maximum atomic E-state index is 13.2. The van der Waals surface area contributed by atoms with E-state index < -0.39 is 18.1 Å². The van der Waals surface area contributed by atoms with Crippen molar-refractivity contribution in [3.63, 3.8) is 0 Å². The molecular formula is C17H10ClF7I2N2O. The molecule has 0 amide bonds. The van der Waals surface area contributed by atoms with E-state index in [9.17, 15) is 30.7 Å². The molecule has 2 rings (SSSR count). The molecule has 0 unspecified atom stereocenters. The lowest BCUT2D eigenvalue weighted by molar-refractivity contribution is -0.361. The van der Waals surface area contributed by atoms with E-state index >= 15 is 0 Å². The van der Waals surface area contributed by atoms with Crippen molar-refractivity contribution in [3.8, 4) is 5.75 Å². The zero-order valence-electron chi connectivity index (χ0n) is 14.4. The summed E-state index contributed by atoms with van der Waals surface area (Å²) in [6, 6.07) is 4.24. The second kappa shape index (κ2) is 9.63. The molecule has 2 aromatic carbocycles. The van der Waals surface area contributed by atoms with Crippen molar-refractivity contribution in [2.24, 2.45) is 5.10 Å². The fraction of sp³-hybridized carbons (Fsp3) is 0.235. The maximum Gasteiger partial charge on any atom is 0.462 e. The Morgan fingerprint density at radius 3 is 2.10 bits per heavy atom. The van der Waals surface area contributed by atoms with E-state index in [0.29, 0.717) is 29.6 Å². The lowest BCUT2D eigenvalue weighted by Crippen LogP contribution is -2.58. The molecule has 0 heterocycles. The summed E-state index contributed by atoms with van der Waals surface area (Å²) in [5, 5.41) is 3.35. The van der Waals surface area contributed by atoms with Gasteiger partial charge in [0, 0.05) is 10.6 Å². The highest BCUT2D eigenvalue weighted by Gasteiger charge is 2.73. The smallest absolute Gasteiger partial charge is 0.462 e. The van der Waals surface area contributed by atoms with Crippen LogP contribution in [-0.4, -0.2) is 24.4 Å². The molecule has 0 saturated heterocycles. The first-order chi connectivity index (χ1) is 13.8. The van der Waals surface area contributed by atoms with E-state index in [-0.39, 0.29) is 12.2 Å². The minimum Gasteiger partial charge on any atom is -0.487 e. The van der Waals surface area contributed by atoms with Crippen LogP contribution in [0.2, 0.25) is 5.02 Å². The van der Waals surface area contributed by atoms with Gasteiger partial charge < -0.3 is 4.74 Å². The fourth-order valence-electron chi connectivity index (χ4n) is 1.99. The van der Waals surface area contributed by atoms with Crippen LogP contribution in [0, 0.1) is 7.14 Å². The van der Waals surface area contributed by atoms with Crippen LogP contribution in [-0.2, 0) is 6.61 Å². The van der Waals surface area contributed by atoms with E-state index in [1.165, 1.54) is 12.1 Å². The summed E-state index contributed by atoms with van der Waals surface area (Å²) in [5.74, 6) is -5.84. The topological polar surface area (TPSA) is 33.6 Å². The van der Waals surface area contributed by atoms with E-state index in [2.05, 4.69) is 5.10 Å². The number of benzene rings is 2. The highest BCUT2D eigenvalue weighted by atomic mass is 127. The number of hydrazone groups is 1. The quantitative estimate of drug-likeness (QED) is 0.114. The molecule has 0 saturated carbocycles. The molecule has 13 heteroatoms. The third kappa shape index (κ3) is 5.81. The Bertz CT molecular complexity index is 916. The summed E-state index contributed by atoms with van der Waals surface area (Å²) < 4.78 is 95.1. The van der Waals surface area contributed by atoms with Gasteiger partial charge in [0.2, 0.25) is 0 Å². The molecule has 2 aromatic rings. The molecule has 0 aromatic heterocycles. The van der Waals surface area contributed by atoms with Crippen molar-refractivity contribution in [2.75, 3.05) is 0 Å². The van der Waals surface area contributed by atoms with Crippen LogP contribution in [0.25, 0.3) is 0 Å². The zero-order chi connectivity index (χ0) is 22.7. The average Bonchev–Trinajstić information content (AvgIpc) is 2.61. The minimum absolute atomic E-state index is 0.152. The molecule has 0 fully saturated rings. The average molecular weight is 681 g/mol. The number of nitrogens with one attached hydrogen (secondary N) is 1. The van der Waals surface area contributed by atoms with Gasteiger partial charge in [-0.2, -0.15) is 35.8 Å². The van der Waals surface area contributed by atoms with Crippen molar-refractivity contribution < 1.29 is 35.5 Å². The van der Waals surface area contributed by atoms with E-state index in [1.807, 2.05) is 45.2 Å². The second-order valence-corrected chi connectivity index (χ2v) is 8.44. The molecule has 0 bridgehead atoms. The summed E-state index contributed by atoms with van der Waals surface area (Å²) in [5.41, 5.74) is 1.48. The summed E-state index contributed by atoms with van der Waals surface area (Å²) in [7, 11) is 0. The molecule has 164 valence electrons. The lowest BCUT2D eigenvalue weighted by Gasteiger charge is -2.27. The van der Waals surface area contributed by atoms with Gasteiger partial charge in [0.25, 0.3) is 0 Å². The van der Waals surface area contributed by atoms with Gasteiger partial charge in [-0.1, -0.05) is 29.8 Å². The molecule has 3 nitrogen and oxygen atoms in total. The Hall–Kier alpha value is -1.03. The number of alkyl halides is 7. The van der Waals surface area contributed by atoms with Crippen LogP contribution in [0.15, 0.2) is 41.5 Å². The predicted octanol–water partition coefficient (Wildman–Crippen LogP) is 6.84. The van der Waals surface area contributed by atoms with E-state index in [1.54, 1.807) is 24.3 Å². The molecule has 0 radical (unpaired) electrons. The van der Waals surface area contributed by atoms with Gasteiger partial charge in [0.1, 0.15) is 12.4 Å². The highest BCUT2D eigenvalue weighted by Crippen LogP contribution is 2.45. The largest absolute Gasteiger partial charge is 0.487 e. The first-order valence-electron chi connectivity index (χ1n) is 7.74. The Labute approximate surface area is 198 Å². The summed E-state index contributed by atoms with van der Waals surface area (Å²) >= 11 is 9.84. The standard InChI is InChI=1S/C17H10ClF7I2N2O/c18-11-4-2-1-3-10(11)8-30-14-12(26)5-9(6-13(14)27)7-28-29-17(24,25)15(19,20)16(21,22)23/h1-7,29H,8H2/b28-7+. The normalized spacial score (nSPS) is 13.0. The van der Waals surface area contributed by atoms with Gasteiger partial charge in [-0.15, -0.1) is 0 Å². The first kappa shape index (κ1) is 25.2. The minimum atomic E-state index is -6.44. The molecule has 0 aliphatic heterocycles. The van der Waals surface area contributed by atoms with Crippen LogP contribution >= 0.6 is 56.8 Å². The van der Waals surface area contributed by atoms with Crippen molar-refractivity contribution in [3.05, 3.63) is 59.7 Å². The van der Waals surface area contributed by atoms with Gasteiger partial charge in [0.15, 0.2) is 0 Å². The Balaban J connectivity index is 2.12. The Morgan fingerprint density at radius 1 is 1.00 bits per heavy atom. The van der Waals surface area contributed by atoms with E-state index in [0.717, 1.165) is 5.56 Å². The molecule has 0 spiro atoms. The third-order valence-electron chi connectivity index (χ3n) is 3.52. The number of hydrogen-bond acceptors (Lipinski definition) is 3.